The molecular formula is C14H30Si2. The molecule has 0 aliphatic carbocycles. The van der Waals surface area contributed by atoms with Gasteiger partial charge < -0.3 is 0 Å². The van der Waals surface area contributed by atoms with E-state index >= 15 is 0 Å². The van der Waals surface area contributed by atoms with Gasteiger partial charge in [-0.2, -0.15) is 0 Å². The maximum Gasteiger partial charge on any atom is 0.0709 e. The van der Waals surface area contributed by atoms with E-state index in [4.69, 9.17) is 0 Å². The molecule has 0 aromatic carbocycles. The van der Waals surface area contributed by atoms with Crippen molar-refractivity contribution < 1.29 is 0 Å². The molecule has 0 fully saturated rings. The molecular weight excluding hydrogens is 224 g/mol. The van der Waals surface area contributed by atoms with E-state index in [2.05, 4.69) is 50.7 Å². The molecule has 2 heteroatoms. The molecule has 0 rings (SSSR count). The van der Waals surface area contributed by atoms with Gasteiger partial charge in [0.05, 0.1) is 16.1 Å². The van der Waals surface area contributed by atoms with E-state index in [0.717, 1.165) is 0 Å². The summed E-state index contributed by atoms with van der Waals surface area (Å²) in [5.74, 6) is 0. The van der Waals surface area contributed by atoms with Crippen molar-refractivity contribution in [3.05, 3.63) is 24.6 Å². The largest absolute Gasteiger partial charge is 0.107 e. The third-order valence-electron chi connectivity index (χ3n) is 3.50. The van der Waals surface area contributed by atoms with Crippen LogP contribution < -0.4 is 0 Å². The average Bonchev–Trinajstić information content (AvgIpc) is 2.23. The van der Waals surface area contributed by atoms with Gasteiger partial charge in [-0.3, -0.25) is 0 Å². The molecule has 0 heterocycles. The highest BCUT2D eigenvalue weighted by Gasteiger charge is 2.16. The van der Waals surface area contributed by atoms with Gasteiger partial charge in [0, 0.05) is 0 Å². The van der Waals surface area contributed by atoms with Crippen LogP contribution in [0.4, 0.5) is 0 Å². The predicted octanol–water partition coefficient (Wildman–Crippen LogP) is 5.41. The Kier molecular flexibility index (Phi) is 7.24. The van der Waals surface area contributed by atoms with Crippen molar-refractivity contribution in [1.29, 1.82) is 0 Å². The zero-order chi connectivity index (χ0) is 12.7. The molecule has 0 amide bonds. The Labute approximate surface area is 105 Å². The van der Waals surface area contributed by atoms with Gasteiger partial charge in [0.1, 0.15) is 0 Å². The molecule has 0 spiro atoms. The van der Waals surface area contributed by atoms with E-state index in [1.165, 1.54) is 37.8 Å². The second-order valence-electron chi connectivity index (χ2n) is 6.30. The number of unbranched alkanes of at least 4 members (excludes halogenated alkanes) is 3. The van der Waals surface area contributed by atoms with Crippen LogP contribution in [0, 0.1) is 0 Å². The summed E-state index contributed by atoms with van der Waals surface area (Å²) in [6.45, 7) is 17.5. The molecule has 16 heavy (non-hydrogen) atoms. The Bertz CT molecular complexity index is 193. The second kappa shape index (κ2) is 7.28. The Morgan fingerprint density at radius 3 is 1.25 bits per heavy atom. The van der Waals surface area contributed by atoms with Crippen LogP contribution in [-0.2, 0) is 0 Å². The van der Waals surface area contributed by atoms with Gasteiger partial charge in [-0.25, -0.2) is 0 Å². The van der Waals surface area contributed by atoms with Crippen molar-refractivity contribution in [1.82, 2.24) is 0 Å². The molecule has 0 atom stereocenters. The standard InChI is InChI=1S/C14H30Si2/c1-7-15(3,4)13-11-9-10-12-14-16(5,6)8-2/h7-8H,1-2,9-14H2,3-6H3. The van der Waals surface area contributed by atoms with Crippen LogP contribution in [0.25, 0.3) is 0 Å². The van der Waals surface area contributed by atoms with Gasteiger partial charge in [0.15, 0.2) is 0 Å². The minimum Gasteiger partial charge on any atom is -0.107 e. The molecule has 0 saturated carbocycles. The minimum absolute atomic E-state index is 1.02. The highest BCUT2D eigenvalue weighted by Crippen LogP contribution is 2.19. The maximum absolute atomic E-state index is 3.95. The lowest BCUT2D eigenvalue weighted by atomic mass is 10.2. The van der Waals surface area contributed by atoms with Gasteiger partial charge in [-0.15, -0.1) is 24.6 Å². The van der Waals surface area contributed by atoms with Crippen molar-refractivity contribution in [3.8, 4) is 0 Å². The molecule has 0 radical (unpaired) electrons. The average molecular weight is 255 g/mol. The van der Waals surface area contributed by atoms with E-state index in [0.29, 0.717) is 0 Å². The van der Waals surface area contributed by atoms with Crippen LogP contribution >= 0.6 is 0 Å². The molecule has 0 N–H and O–H groups in total. The molecule has 0 aromatic rings. The summed E-state index contributed by atoms with van der Waals surface area (Å²) in [4.78, 5) is 0. The van der Waals surface area contributed by atoms with Crippen molar-refractivity contribution in [2.75, 3.05) is 0 Å². The first-order valence-electron chi connectivity index (χ1n) is 6.60. The van der Waals surface area contributed by atoms with Crippen LogP contribution in [0.2, 0.25) is 38.3 Å². The van der Waals surface area contributed by atoms with Crippen LogP contribution in [-0.4, -0.2) is 16.1 Å². The summed E-state index contributed by atoms with van der Waals surface area (Å²) in [6, 6.07) is 2.83. The Balaban J connectivity index is 3.48. The molecule has 0 aliphatic heterocycles. The molecule has 0 unspecified atom stereocenters. The van der Waals surface area contributed by atoms with Crippen LogP contribution in [0.1, 0.15) is 25.7 Å². The van der Waals surface area contributed by atoms with Gasteiger partial charge >= 0.3 is 0 Å². The normalized spacial score (nSPS) is 12.5. The zero-order valence-electron chi connectivity index (χ0n) is 11.8. The molecule has 0 bridgehead atoms. The molecule has 94 valence electrons. The fourth-order valence-corrected chi connectivity index (χ4v) is 4.45. The number of hydrogen-bond donors (Lipinski definition) is 0. The smallest absolute Gasteiger partial charge is 0.0709 e. The summed E-state index contributed by atoms with van der Waals surface area (Å²) in [6.07, 6.45) is 5.63. The first-order chi connectivity index (χ1) is 7.33. The highest BCUT2D eigenvalue weighted by molar-refractivity contribution is 6.82. The Morgan fingerprint density at radius 1 is 0.688 bits per heavy atom. The highest BCUT2D eigenvalue weighted by atomic mass is 28.3. The van der Waals surface area contributed by atoms with Crippen molar-refractivity contribution in [3.63, 3.8) is 0 Å². The lowest BCUT2D eigenvalue weighted by Crippen LogP contribution is -2.22. The summed E-state index contributed by atoms with van der Waals surface area (Å²) in [7, 11) is -2.05. The predicted molar refractivity (Wildman–Crippen MR) is 83.4 cm³/mol. The van der Waals surface area contributed by atoms with E-state index in [-0.39, 0.29) is 0 Å². The zero-order valence-corrected chi connectivity index (χ0v) is 13.8. The first kappa shape index (κ1) is 15.9. The monoisotopic (exact) mass is 254 g/mol. The van der Waals surface area contributed by atoms with E-state index in [9.17, 15) is 0 Å². The topological polar surface area (TPSA) is 0 Å². The van der Waals surface area contributed by atoms with Crippen LogP contribution in [0.5, 0.6) is 0 Å². The third-order valence-corrected chi connectivity index (χ3v) is 8.99. The number of rotatable bonds is 9. The molecule has 0 aromatic heterocycles. The van der Waals surface area contributed by atoms with Gasteiger partial charge in [-0.05, 0) is 0 Å². The SMILES string of the molecule is C=C[Si](C)(C)CCCCCC[Si](C)(C)C=C. The quantitative estimate of drug-likeness (QED) is 0.381. The van der Waals surface area contributed by atoms with Crippen LogP contribution in [0.3, 0.4) is 0 Å². The van der Waals surface area contributed by atoms with E-state index in [1.54, 1.807) is 0 Å². The molecule has 0 aliphatic rings. The number of hydrogen-bond acceptors (Lipinski definition) is 0. The maximum atomic E-state index is 3.95. The summed E-state index contributed by atoms with van der Waals surface area (Å²) < 4.78 is 0. The third kappa shape index (κ3) is 8.11. The van der Waals surface area contributed by atoms with E-state index < -0.39 is 16.1 Å². The minimum atomic E-state index is -1.02. The van der Waals surface area contributed by atoms with Gasteiger partial charge in [0.25, 0.3) is 0 Å². The van der Waals surface area contributed by atoms with Gasteiger partial charge in [0.2, 0.25) is 0 Å². The molecule has 0 saturated heterocycles. The summed E-state index contributed by atoms with van der Waals surface area (Å²) >= 11 is 0. The van der Waals surface area contributed by atoms with Crippen molar-refractivity contribution >= 4 is 16.1 Å². The summed E-state index contributed by atoms with van der Waals surface area (Å²) in [5.41, 5.74) is 4.45. The fraction of sp³-hybridized carbons (Fsp3) is 0.714. The van der Waals surface area contributed by atoms with Gasteiger partial charge in [-0.1, -0.05) is 64.0 Å². The Hall–Kier alpha value is -0.0862. The van der Waals surface area contributed by atoms with Crippen LogP contribution in [0.15, 0.2) is 24.6 Å². The fourth-order valence-electron chi connectivity index (χ4n) is 1.72. The lowest BCUT2D eigenvalue weighted by molar-refractivity contribution is 0.693. The second-order valence-corrected chi connectivity index (χ2v) is 16.1. The van der Waals surface area contributed by atoms with Crippen molar-refractivity contribution in [2.45, 2.75) is 64.0 Å². The first-order valence-corrected chi connectivity index (χ1v) is 13.2. The summed E-state index contributed by atoms with van der Waals surface area (Å²) in [5, 5.41) is 0. The van der Waals surface area contributed by atoms with E-state index in [1.807, 2.05) is 0 Å². The van der Waals surface area contributed by atoms with Crippen molar-refractivity contribution in [2.24, 2.45) is 0 Å². The lowest BCUT2D eigenvalue weighted by Gasteiger charge is -2.18. The molecule has 0 nitrogen and oxygen atoms in total. The Morgan fingerprint density at radius 2 is 1.00 bits per heavy atom.